The van der Waals surface area contributed by atoms with Crippen molar-refractivity contribution < 1.29 is 32.6 Å². The molecule has 5 heterocycles. The van der Waals surface area contributed by atoms with Gasteiger partial charge in [-0.2, -0.15) is 22.7 Å². The smallest absolute Gasteiger partial charge is 0.416 e. The number of hydrogen-bond acceptors (Lipinski definition) is 8. The molecule has 1 atom stereocenters. The molecule has 1 saturated heterocycles. The number of piperidine rings is 1. The average molecular weight is 698 g/mol. The predicted octanol–water partition coefficient (Wildman–Crippen LogP) is 4.52. The van der Waals surface area contributed by atoms with Crippen molar-refractivity contribution in [2.75, 3.05) is 31.6 Å². The van der Waals surface area contributed by atoms with Crippen LogP contribution in [0, 0.1) is 5.41 Å². The first-order valence-electron chi connectivity index (χ1n) is 15.8. The number of halogens is 4. The Balaban J connectivity index is 1.24. The van der Waals surface area contributed by atoms with Gasteiger partial charge in [0.15, 0.2) is 11.5 Å². The monoisotopic (exact) mass is 697 g/mol. The summed E-state index contributed by atoms with van der Waals surface area (Å²) in [7, 11) is 0. The second-order valence-electron chi connectivity index (χ2n) is 12.6. The highest BCUT2D eigenvalue weighted by molar-refractivity contribution is 6.33. The molecule has 16 heteroatoms. The van der Waals surface area contributed by atoms with Crippen molar-refractivity contribution in [1.82, 2.24) is 29.0 Å². The molecule has 3 aromatic heterocycles. The number of carbonyl (C=O) groups excluding carboxylic acids is 2. The van der Waals surface area contributed by atoms with Gasteiger partial charge in [0.25, 0.3) is 11.5 Å². The van der Waals surface area contributed by atoms with Crippen molar-refractivity contribution in [3.63, 3.8) is 0 Å². The Labute approximate surface area is 282 Å². The van der Waals surface area contributed by atoms with Gasteiger partial charge in [0, 0.05) is 30.5 Å². The van der Waals surface area contributed by atoms with Gasteiger partial charge in [0.2, 0.25) is 11.7 Å². The summed E-state index contributed by atoms with van der Waals surface area (Å²) in [6, 6.07) is 5.63. The molecule has 1 aliphatic carbocycles. The summed E-state index contributed by atoms with van der Waals surface area (Å²) in [5.74, 6) is -0.693. The number of amides is 2. The molecule has 0 radical (unpaired) electrons. The van der Waals surface area contributed by atoms with E-state index in [9.17, 15) is 32.7 Å². The van der Waals surface area contributed by atoms with E-state index in [1.54, 1.807) is 15.5 Å². The molecule has 0 bridgehead atoms. The zero-order chi connectivity index (χ0) is 34.5. The maximum absolute atomic E-state index is 14.1. The fourth-order valence-electron chi connectivity index (χ4n) is 7.06. The lowest BCUT2D eigenvalue weighted by Gasteiger charge is -2.45. The molecule has 256 valence electrons. The molecule has 2 N–H and O–H groups in total. The highest BCUT2D eigenvalue weighted by Crippen LogP contribution is 2.42. The summed E-state index contributed by atoms with van der Waals surface area (Å²) in [5.41, 5.74) is 0.0622. The molecule has 3 aliphatic rings. The molecule has 7 rings (SSSR count). The first kappa shape index (κ1) is 32.8. The minimum absolute atomic E-state index is 0.00461. The Kier molecular flexibility index (Phi) is 8.43. The van der Waals surface area contributed by atoms with Gasteiger partial charge in [0.05, 0.1) is 29.5 Å². The zero-order valence-corrected chi connectivity index (χ0v) is 26.9. The van der Waals surface area contributed by atoms with Crippen LogP contribution in [0.25, 0.3) is 11.4 Å². The first-order chi connectivity index (χ1) is 23.4. The second-order valence-corrected chi connectivity index (χ2v) is 13.0. The highest BCUT2D eigenvalue weighted by atomic mass is 35.5. The SMILES string of the molecule is O=C(Cn1c2c(c(=O)n3nc(C4=CCOCC4)nc13)CC1(CCCN(C(=O)c3ncccc3O)C1)CC2)Nc1ccc(C(F)(F)F)cc1Cl. The molecule has 1 aromatic carbocycles. The quantitative estimate of drug-likeness (QED) is 0.310. The summed E-state index contributed by atoms with van der Waals surface area (Å²) in [6.45, 7) is 1.34. The number of aromatic nitrogens is 5. The lowest BCUT2D eigenvalue weighted by Crippen LogP contribution is -2.50. The third-order valence-electron chi connectivity index (χ3n) is 9.46. The number of rotatable bonds is 5. The van der Waals surface area contributed by atoms with Crippen molar-refractivity contribution in [1.29, 1.82) is 0 Å². The summed E-state index contributed by atoms with van der Waals surface area (Å²) in [5, 5.41) is 17.1. The van der Waals surface area contributed by atoms with Gasteiger partial charge in [-0.15, -0.1) is 5.10 Å². The van der Waals surface area contributed by atoms with Crippen molar-refractivity contribution >= 4 is 40.5 Å². The Morgan fingerprint density at radius 3 is 2.73 bits per heavy atom. The Hall–Kier alpha value is -4.76. The summed E-state index contributed by atoms with van der Waals surface area (Å²) in [6.07, 6.45) is 1.97. The van der Waals surface area contributed by atoms with Crippen LogP contribution in [0.4, 0.5) is 18.9 Å². The normalized spacial score (nSPS) is 19.5. The number of anilines is 1. The third kappa shape index (κ3) is 6.28. The van der Waals surface area contributed by atoms with Crippen LogP contribution < -0.4 is 10.9 Å². The maximum atomic E-state index is 14.1. The number of fused-ring (bicyclic) bond motifs is 2. The van der Waals surface area contributed by atoms with Crippen LogP contribution in [0.15, 0.2) is 47.4 Å². The number of likely N-dealkylation sites (tertiary alicyclic amines) is 1. The average Bonchev–Trinajstić information content (AvgIpc) is 3.54. The number of aromatic hydroxyl groups is 1. The Bertz CT molecular complexity index is 2080. The van der Waals surface area contributed by atoms with Crippen molar-refractivity contribution in [2.45, 2.75) is 51.2 Å². The van der Waals surface area contributed by atoms with Gasteiger partial charge in [0.1, 0.15) is 12.3 Å². The number of alkyl halides is 3. The van der Waals surface area contributed by atoms with E-state index >= 15 is 0 Å². The molecule has 4 aromatic rings. The van der Waals surface area contributed by atoms with E-state index in [1.165, 1.54) is 16.8 Å². The van der Waals surface area contributed by atoms with E-state index in [1.807, 2.05) is 6.08 Å². The van der Waals surface area contributed by atoms with Crippen LogP contribution in [0.5, 0.6) is 5.75 Å². The molecule has 0 saturated carbocycles. The topological polar surface area (TPSA) is 144 Å². The third-order valence-corrected chi connectivity index (χ3v) is 9.77. The van der Waals surface area contributed by atoms with Gasteiger partial charge >= 0.3 is 6.18 Å². The minimum atomic E-state index is -4.60. The first-order valence-corrected chi connectivity index (χ1v) is 16.2. The predicted molar refractivity (Wildman–Crippen MR) is 171 cm³/mol. The van der Waals surface area contributed by atoms with Gasteiger partial charge in [-0.25, -0.2) is 4.98 Å². The van der Waals surface area contributed by atoms with Crippen LogP contribution >= 0.6 is 11.6 Å². The van der Waals surface area contributed by atoms with Gasteiger partial charge in [-0.05, 0) is 79.8 Å². The van der Waals surface area contributed by atoms with Crippen molar-refractivity contribution in [2.24, 2.45) is 5.41 Å². The fraction of sp³-hybridized carbons (Fsp3) is 0.394. The van der Waals surface area contributed by atoms with Crippen molar-refractivity contribution in [3.8, 4) is 5.75 Å². The molecular weight excluding hydrogens is 667 g/mol. The van der Waals surface area contributed by atoms with Gasteiger partial charge in [-0.1, -0.05) is 17.7 Å². The minimum Gasteiger partial charge on any atom is -0.505 e. The van der Waals surface area contributed by atoms with Crippen molar-refractivity contribution in [3.05, 3.63) is 86.3 Å². The summed E-state index contributed by atoms with van der Waals surface area (Å²) < 4.78 is 47.8. The largest absolute Gasteiger partial charge is 0.505 e. The number of ether oxygens (including phenoxy) is 1. The number of hydrogen-bond donors (Lipinski definition) is 2. The molecule has 1 spiro atoms. The number of pyridine rings is 1. The standard InChI is InChI=1S/C33H31ClF3N7O5/c34-22-15-20(33(35,36)37)4-5-23(22)39-26(46)17-43-24-6-10-32(9-2-12-42(18-32)30(48)27-25(45)3-1-11-38-27)16-21(24)29(47)44-31(43)40-28(41-44)19-7-13-49-14-8-19/h1,3-5,7,11,15,45H,2,6,8-10,12-14,16-18H2,(H,39,46). The van der Waals surface area contributed by atoms with E-state index < -0.39 is 23.1 Å². The molecule has 2 amide bonds. The van der Waals surface area contributed by atoms with E-state index in [-0.39, 0.29) is 45.9 Å². The number of nitrogens with one attached hydrogen (secondary N) is 1. The molecule has 2 aliphatic heterocycles. The lowest BCUT2D eigenvalue weighted by atomic mass is 9.68. The van der Waals surface area contributed by atoms with Gasteiger partial charge in [-0.3, -0.25) is 14.4 Å². The molecule has 1 fully saturated rings. The number of benzene rings is 1. The van der Waals surface area contributed by atoms with Crippen LogP contribution in [0.1, 0.15) is 58.8 Å². The van der Waals surface area contributed by atoms with Crippen LogP contribution in [-0.4, -0.2) is 72.3 Å². The molecule has 1 unspecified atom stereocenters. The molecular formula is C33H31ClF3N7O5. The number of nitrogens with zero attached hydrogens (tertiary/aromatic N) is 6. The van der Waals surface area contributed by atoms with Gasteiger partial charge < -0.3 is 24.6 Å². The Morgan fingerprint density at radius 1 is 1.16 bits per heavy atom. The van der Waals surface area contributed by atoms with Crippen LogP contribution in [0.3, 0.4) is 0 Å². The van der Waals surface area contributed by atoms with E-state index in [0.717, 1.165) is 30.2 Å². The maximum Gasteiger partial charge on any atom is 0.416 e. The molecule has 49 heavy (non-hydrogen) atoms. The van der Waals surface area contributed by atoms with E-state index in [4.69, 9.17) is 16.3 Å². The number of carbonyl (C=O) groups is 2. The van der Waals surface area contributed by atoms with E-state index in [2.05, 4.69) is 20.4 Å². The fourth-order valence-corrected chi connectivity index (χ4v) is 7.29. The Morgan fingerprint density at radius 2 is 2.00 bits per heavy atom. The lowest BCUT2D eigenvalue weighted by molar-refractivity contribution is -0.137. The van der Waals surface area contributed by atoms with E-state index in [0.29, 0.717) is 75.5 Å². The highest BCUT2D eigenvalue weighted by Gasteiger charge is 2.43. The van der Waals surface area contributed by atoms with Crippen LogP contribution in [-0.2, 0) is 35.1 Å². The summed E-state index contributed by atoms with van der Waals surface area (Å²) >= 11 is 6.12. The second kappa shape index (κ2) is 12.6. The molecule has 12 nitrogen and oxygen atoms in total. The van der Waals surface area contributed by atoms with Crippen LogP contribution in [0.2, 0.25) is 5.02 Å². The zero-order valence-electron chi connectivity index (χ0n) is 26.1. The summed E-state index contributed by atoms with van der Waals surface area (Å²) in [4.78, 5) is 51.4.